The summed E-state index contributed by atoms with van der Waals surface area (Å²) in [7, 11) is 0. The Morgan fingerprint density at radius 2 is 2.10 bits per heavy atom. The van der Waals surface area contributed by atoms with Gasteiger partial charge in [0.2, 0.25) is 0 Å². The van der Waals surface area contributed by atoms with Crippen molar-refractivity contribution in [1.29, 1.82) is 0 Å². The predicted octanol–water partition coefficient (Wildman–Crippen LogP) is 3.53. The first-order valence-electron chi connectivity index (χ1n) is 6.40. The average molecular weight is 280 g/mol. The normalized spacial score (nSPS) is 11.1. The number of hydrogen-bond donors (Lipinski definition) is 2. The molecule has 1 aromatic rings. The van der Waals surface area contributed by atoms with Crippen molar-refractivity contribution in [2.75, 3.05) is 11.9 Å². The van der Waals surface area contributed by atoms with E-state index >= 15 is 0 Å². The number of benzene rings is 1. The fourth-order valence-corrected chi connectivity index (χ4v) is 1.64. The number of amides is 1. The standard InChI is InChI=1S/C15H21FN2O2/c1-10(7-8-17)12-9-11(16)5-6-13(12)18-14(19)20-15(2,3)4/h5-6,9H,1,7-8,17H2,2-4H3,(H,18,19). The van der Waals surface area contributed by atoms with Gasteiger partial charge in [-0.15, -0.1) is 0 Å². The average Bonchev–Trinajstić information content (AvgIpc) is 2.29. The van der Waals surface area contributed by atoms with Crippen LogP contribution in [-0.2, 0) is 4.74 Å². The van der Waals surface area contributed by atoms with E-state index in [1.165, 1.54) is 18.2 Å². The van der Waals surface area contributed by atoms with Crippen LogP contribution in [0.2, 0.25) is 0 Å². The Morgan fingerprint density at radius 3 is 2.65 bits per heavy atom. The minimum Gasteiger partial charge on any atom is -0.444 e. The monoisotopic (exact) mass is 280 g/mol. The Morgan fingerprint density at radius 1 is 1.45 bits per heavy atom. The van der Waals surface area contributed by atoms with E-state index in [-0.39, 0.29) is 0 Å². The van der Waals surface area contributed by atoms with Gasteiger partial charge in [-0.1, -0.05) is 6.58 Å². The third-order valence-electron chi connectivity index (χ3n) is 2.44. The lowest BCUT2D eigenvalue weighted by Gasteiger charge is -2.20. The molecule has 0 fully saturated rings. The molecule has 0 heterocycles. The summed E-state index contributed by atoms with van der Waals surface area (Å²) >= 11 is 0. The summed E-state index contributed by atoms with van der Waals surface area (Å²) in [4.78, 5) is 11.8. The first kappa shape index (κ1) is 16.2. The number of carbonyl (C=O) groups is 1. The van der Waals surface area contributed by atoms with E-state index in [1.807, 2.05) is 0 Å². The van der Waals surface area contributed by atoms with Crippen molar-refractivity contribution in [2.24, 2.45) is 5.73 Å². The van der Waals surface area contributed by atoms with Crippen LogP contribution in [-0.4, -0.2) is 18.2 Å². The number of hydrogen-bond acceptors (Lipinski definition) is 3. The van der Waals surface area contributed by atoms with Crippen LogP contribution in [0.15, 0.2) is 24.8 Å². The quantitative estimate of drug-likeness (QED) is 0.886. The fraction of sp³-hybridized carbons (Fsp3) is 0.400. The van der Waals surface area contributed by atoms with Gasteiger partial charge in [0.05, 0.1) is 5.69 Å². The summed E-state index contributed by atoms with van der Waals surface area (Å²) in [6.45, 7) is 9.57. The molecule has 0 saturated carbocycles. The van der Waals surface area contributed by atoms with E-state index in [9.17, 15) is 9.18 Å². The van der Waals surface area contributed by atoms with Crippen molar-refractivity contribution >= 4 is 17.4 Å². The highest BCUT2D eigenvalue weighted by Crippen LogP contribution is 2.26. The smallest absolute Gasteiger partial charge is 0.412 e. The Kier molecular flexibility index (Phi) is 5.27. The number of nitrogens with two attached hydrogens (primary N) is 1. The molecule has 0 aromatic heterocycles. The lowest BCUT2D eigenvalue weighted by Crippen LogP contribution is -2.27. The predicted molar refractivity (Wildman–Crippen MR) is 79.0 cm³/mol. The van der Waals surface area contributed by atoms with Gasteiger partial charge in [0.1, 0.15) is 11.4 Å². The summed E-state index contributed by atoms with van der Waals surface area (Å²) in [5, 5.41) is 2.60. The highest BCUT2D eigenvalue weighted by atomic mass is 19.1. The second-order valence-electron chi connectivity index (χ2n) is 5.46. The lowest BCUT2D eigenvalue weighted by atomic mass is 10.0. The zero-order chi connectivity index (χ0) is 15.3. The molecule has 0 atom stereocenters. The summed E-state index contributed by atoms with van der Waals surface area (Å²) in [5.41, 5.74) is 6.53. The van der Waals surface area contributed by atoms with Gasteiger partial charge in [0, 0.05) is 5.56 Å². The van der Waals surface area contributed by atoms with Gasteiger partial charge in [-0.05, 0) is 57.5 Å². The number of nitrogens with one attached hydrogen (secondary N) is 1. The topological polar surface area (TPSA) is 64.3 Å². The molecular weight excluding hydrogens is 259 g/mol. The first-order valence-corrected chi connectivity index (χ1v) is 6.40. The molecule has 3 N–H and O–H groups in total. The fourth-order valence-electron chi connectivity index (χ4n) is 1.64. The van der Waals surface area contributed by atoms with Gasteiger partial charge in [-0.25, -0.2) is 9.18 Å². The minimum atomic E-state index is -0.599. The molecule has 0 radical (unpaired) electrons. The van der Waals surface area contributed by atoms with Crippen LogP contribution in [0, 0.1) is 5.82 Å². The molecule has 0 saturated heterocycles. The van der Waals surface area contributed by atoms with Crippen LogP contribution in [0.5, 0.6) is 0 Å². The van der Waals surface area contributed by atoms with Gasteiger partial charge >= 0.3 is 6.09 Å². The molecule has 110 valence electrons. The van der Waals surface area contributed by atoms with Crippen molar-refractivity contribution in [2.45, 2.75) is 32.8 Å². The highest BCUT2D eigenvalue weighted by molar-refractivity contribution is 5.89. The van der Waals surface area contributed by atoms with Crippen LogP contribution in [0.1, 0.15) is 32.8 Å². The van der Waals surface area contributed by atoms with E-state index in [2.05, 4.69) is 11.9 Å². The Labute approximate surface area is 118 Å². The molecule has 1 rings (SSSR count). The van der Waals surface area contributed by atoms with Gasteiger partial charge in [0.15, 0.2) is 0 Å². The number of rotatable bonds is 4. The SMILES string of the molecule is C=C(CCN)c1cc(F)ccc1NC(=O)OC(C)(C)C. The number of halogens is 1. The van der Waals surface area contributed by atoms with Gasteiger partial charge in [-0.3, -0.25) is 5.32 Å². The molecule has 0 spiro atoms. The van der Waals surface area contributed by atoms with E-state index in [1.54, 1.807) is 20.8 Å². The van der Waals surface area contributed by atoms with Crippen LogP contribution in [0.3, 0.4) is 0 Å². The van der Waals surface area contributed by atoms with Crippen LogP contribution in [0.25, 0.3) is 5.57 Å². The number of anilines is 1. The molecule has 0 bridgehead atoms. The maximum Gasteiger partial charge on any atom is 0.412 e. The van der Waals surface area contributed by atoms with E-state index in [0.717, 1.165) is 0 Å². The molecule has 20 heavy (non-hydrogen) atoms. The molecule has 1 amide bonds. The van der Waals surface area contributed by atoms with E-state index < -0.39 is 17.5 Å². The second kappa shape index (κ2) is 6.52. The van der Waals surface area contributed by atoms with Crippen molar-refractivity contribution in [3.8, 4) is 0 Å². The first-order chi connectivity index (χ1) is 9.23. The minimum absolute atomic E-state index is 0.395. The molecule has 0 aliphatic rings. The van der Waals surface area contributed by atoms with Crippen LogP contribution >= 0.6 is 0 Å². The Balaban J connectivity index is 2.94. The summed E-state index contributed by atoms with van der Waals surface area (Å²) < 4.78 is 18.5. The summed E-state index contributed by atoms with van der Waals surface area (Å²) in [6.07, 6.45) is -0.0715. The van der Waals surface area contributed by atoms with Crippen LogP contribution < -0.4 is 11.1 Å². The molecule has 1 aromatic carbocycles. The van der Waals surface area contributed by atoms with Crippen molar-refractivity contribution < 1.29 is 13.9 Å². The second-order valence-corrected chi connectivity index (χ2v) is 5.46. The molecular formula is C15H21FN2O2. The summed E-state index contributed by atoms with van der Waals surface area (Å²) in [5.74, 6) is -0.395. The Hall–Kier alpha value is -1.88. The van der Waals surface area contributed by atoms with Crippen molar-refractivity contribution in [3.05, 3.63) is 36.2 Å². The van der Waals surface area contributed by atoms with Gasteiger partial charge in [-0.2, -0.15) is 0 Å². The van der Waals surface area contributed by atoms with Crippen LogP contribution in [0.4, 0.5) is 14.9 Å². The zero-order valence-electron chi connectivity index (χ0n) is 12.1. The molecule has 0 unspecified atom stereocenters. The van der Waals surface area contributed by atoms with Crippen molar-refractivity contribution in [1.82, 2.24) is 0 Å². The molecule has 5 heteroatoms. The third kappa shape index (κ3) is 5.01. The Bertz CT molecular complexity index is 507. The molecule has 0 aliphatic heterocycles. The van der Waals surface area contributed by atoms with Gasteiger partial charge < -0.3 is 10.5 Å². The highest BCUT2D eigenvalue weighted by Gasteiger charge is 2.17. The molecule has 0 aliphatic carbocycles. The van der Waals surface area contributed by atoms with E-state index in [0.29, 0.717) is 29.8 Å². The maximum absolute atomic E-state index is 13.3. The lowest BCUT2D eigenvalue weighted by molar-refractivity contribution is 0.0636. The number of ether oxygens (including phenoxy) is 1. The maximum atomic E-state index is 13.3. The largest absolute Gasteiger partial charge is 0.444 e. The zero-order valence-corrected chi connectivity index (χ0v) is 12.1. The van der Waals surface area contributed by atoms with E-state index in [4.69, 9.17) is 10.5 Å². The summed E-state index contributed by atoms with van der Waals surface area (Å²) in [6, 6.07) is 4.08. The van der Waals surface area contributed by atoms with Crippen molar-refractivity contribution in [3.63, 3.8) is 0 Å². The number of carbonyl (C=O) groups excluding carboxylic acids is 1. The van der Waals surface area contributed by atoms with Gasteiger partial charge in [0.25, 0.3) is 0 Å². The molecule has 4 nitrogen and oxygen atoms in total. The third-order valence-corrected chi connectivity index (χ3v) is 2.44.